The molecular formula is C17H23N3O4. The van der Waals surface area contributed by atoms with E-state index in [4.69, 9.17) is 4.74 Å². The maximum atomic E-state index is 12.6. The number of urea groups is 1. The molecule has 0 bridgehead atoms. The Bertz CT molecular complexity index is 589. The van der Waals surface area contributed by atoms with E-state index in [0.29, 0.717) is 25.4 Å². The lowest BCUT2D eigenvalue weighted by Crippen LogP contribution is -2.46. The van der Waals surface area contributed by atoms with Crippen LogP contribution in [0.5, 0.6) is 0 Å². The van der Waals surface area contributed by atoms with Gasteiger partial charge < -0.3 is 9.84 Å². The SMILES string of the molecule is C[C@@H]1C(=O)N(C[C@@H](O)CN2CCOCC2)C(=O)N1c1ccccc1. The highest BCUT2D eigenvalue weighted by Crippen LogP contribution is 2.25. The summed E-state index contributed by atoms with van der Waals surface area (Å²) in [6, 6.07) is 8.19. The van der Waals surface area contributed by atoms with E-state index in [9.17, 15) is 14.7 Å². The summed E-state index contributed by atoms with van der Waals surface area (Å²) in [6.07, 6.45) is -0.765. The molecule has 0 radical (unpaired) electrons. The molecule has 1 N–H and O–H groups in total. The second-order valence-corrected chi connectivity index (χ2v) is 6.18. The fourth-order valence-corrected chi connectivity index (χ4v) is 3.17. The number of carbonyl (C=O) groups is 2. The molecule has 2 fully saturated rings. The van der Waals surface area contributed by atoms with E-state index in [1.807, 2.05) is 18.2 Å². The molecule has 2 saturated heterocycles. The first-order chi connectivity index (χ1) is 11.6. The van der Waals surface area contributed by atoms with Crippen molar-refractivity contribution in [2.45, 2.75) is 19.1 Å². The molecule has 0 saturated carbocycles. The summed E-state index contributed by atoms with van der Waals surface area (Å²) in [5.74, 6) is -0.273. The number of β-amino-alcohol motifs (C(OH)–C–C–N with tert-alkyl or cyclic N) is 1. The van der Waals surface area contributed by atoms with Gasteiger partial charge in [0.05, 0.1) is 25.9 Å². The molecule has 2 atom stereocenters. The quantitative estimate of drug-likeness (QED) is 0.796. The van der Waals surface area contributed by atoms with E-state index in [0.717, 1.165) is 18.0 Å². The Morgan fingerprint density at radius 3 is 2.50 bits per heavy atom. The van der Waals surface area contributed by atoms with Crippen molar-refractivity contribution in [1.82, 2.24) is 9.80 Å². The molecule has 1 aromatic rings. The van der Waals surface area contributed by atoms with Gasteiger partial charge in [-0.05, 0) is 19.1 Å². The third kappa shape index (κ3) is 3.43. The molecular weight excluding hydrogens is 310 g/mol. The van der Waals surface area contributed by atoms with Gasteiger partial charge in [-0.1, -0.05) is 18.2 Å². The molecule has 24 heavy (non-hydrogen) atoms. The number of amides is 3. The Kier molecular flexibility index (Phi) is 5.13. The van der Waals surface area contributed by atoms with Gasteiger partial charge in [0.25, 0.3) is 5.91 Å². The minimum Gasteiger partial charge on any atom is -0.390 e. The molecule has 0 spiro atoms. The Morgan fingerprint density at radius 2 is 1.83 bits per heavy atom. The number of aliphatic hydroxyl groups excluding tert-OH is 1. The highest BCUT2D eigenvalue weighted by molar-refractivity contribution is 6.14. The summed E-state index contributed by atoms with van der Waals surface area (Å²) in [7, 11) is 0. The summed E-state index contributed by atoms with van der Waals surface area (Å²) in [4.78, 5) is 29.8. The van der Waals surface area contributed by atoms with Gasteiger partial charge in [-0.2, -0.15) is 0 Å². The second kappa shape index (κ2) is 7.29. The van der Waals surface area contributed by atoms with Gasteiger partial charge in [-0.3, -0.25) is 19.5 Å². The van der Waals surface area contributed by atoms with Gasteiger partial charge in [0.2, 0.25) is 0 Å². The largest absolute Gasteiger partial charge is 0.390 e. The number of nitrogens with zero attached hydrogens (tertiary/aromatic N) is 3. The highest BCUT2D eigenvalue weighted by atomic mass is 16.5. The third-order valence-electron chi connectivity index (χ3n) is 4.45. The number of aliphatic hydroxyl groups is 1. The zero-order valence-corrected chi connectivity index (χ0v) is 13.8. The maximum Gasteiger partial charge on any atom is 0.332 e. The van der Waals surface area contributed by atoms with Crippen LogP contribution in [0.25, 0.3) is 0 Å². The molecule has 7 heteroatoms. The molecule has 130 valence electrons. The number of benzene rings is 1. The number of ether oxygens (including phenoxy) is 1. The van der Waals surface area contributed by atoms with Crippen molar-refractivity contribution in [1.29, 1.82) is 0 Å². The molecule has 2 aliphatic rings. The van der Waals surface area contributed by atoms with Crippen LogP contribution in [0, 0.1) is 0 Å². The van der Waals surface area contributed by atoms with Crippen LogP contribution in [-0.4, -0.2) is 78.4 Å². The lowest BCUT2D eigenvalue weighted by atomic mass is 10.2. The fourth-order valence-electron chi connectivity index (χ4n) is 3.17. The van der Waals surface area contributed by atoms with Crippen molar-refractivity contribution in [3.63, 3.8) is 0 Å². The number of hydrogen-bond acceptors (Lipinski definition) is 5. The van der Waals surface area contributed by atoms with E-state index in [-0.39, 0.29) is 18.5 Å². The Morgan fingerprint density at radius 1 is 1.17 bits per heavy atom. The molecule has 3 rings (SSSR count). The number of anilines is 1. The van der Waals surface area contributed by atoms with Crippen LogP contribution in [0.1, 0.15) is 6.92 Å². The molecule has 2 aliphatic heterocycles. The number of morpholine rings is 1. The van der Waals surface area contributed by atoms with Crippen LogP contribution < -0.4 is 4.90 Å². The van der Waals surface area contributed by atoms with Crippen LogP contribution in [-0.2, 0) is 9.53 Å². The zero-order valence-electron chi connectivity index (χ0n) is 13.8. The van der Waals surface area contributed by atoms with Crippen molar-refractivity contribution in [3.05, 3.63) is 30.3 Å². The van der Waals surface area contributed by atoms with Gasteiger partial charge in [-0.15, -0.1) is 0 Å². The second-order valence-electron chi connectivity index (χ2n) is 6.18. The Hall–Kier alpha value is -1.96. The first-order valence-electron chi connectivity index (χ1n) is 8.25. The van der Waals surface area contributed by atoms with Gasteiger partial charge in [-0.25, -0.2) is 4.79 Å². The molecule has 1 aromatic carbocycles. The maximum absolute atomic E-state index is 12.6. The van der Waals surface area contributed by atoms with Crippen LogP contribution in [0.4, 0.5) is 10.5 Å². The van der Waals surface area contributed by atoms with Crippen LogP contribution in [0.2, 0.25) is 0 Å². The Labute approximate surface area is 141 Å². The van der Waals surface area contributed by atoms with Gasteiger partial charge >= 0.3 is 6.03 Å². The standard InChI is InChI=1S/C17H23N3O4/c1-13-16(22)19(12-15(21)11-18-7-9-24-10-8-18)17(23)20(13)14-5-3-2-4-6-14/h2-6,13,15,21H,7-12H2,1H3/t13-,15+/m1/s1. The van der Waals surface area contributed by atoms with Gasteiger partial charge in [0.1, 0.15) is 6.04 Å². The minimum absolute atomic E-state index is 0.0166. The smallest absolute Gasteiger partial charge is 0.332 e. The molecule has 3 amide bonds. The monoisotopic (exact) mass is 333 g/mol. The van der Waals surface area contributed by atoms with Crippen LogP contribution in [0.3, 0.4) is 0 Å². The van der Waals surface area contributed by atoms with Gasteiger partial charge in [0.15, 0.2) is 0 Å². The number of para-hydroxylation sites is 1. The summed E-state index contributed by atoms with van der Waals surface area (Å²) < 4.78 is 5.28. The third-order valence-corrected chi connectivity index (χ3v) is 4.45. The summed E-state index contributed by atoms with van der Waals surface area (Å²) in [6.45, 7) is 4.96. The predicted molar refractivity (Wildman–Crippen MR) is 88.8 cm³/mol. The van der Waals surface area contributed by atoms with Crippen molar-refractivity contribution in [2.75, 3.05) is 44.3 Å². The van der Waals surface area contributed by atoms with Crippen LogP contribution >= 0.6 is 0 Å². The summed E-state index contributed by atoms with van der Waals surface area (Å²) in [5, 5.41) is 10.3. The molecule has 0 aromatic heterocycles. The first-order valence-corrected chi connectivity index (χ1v) is 8.25. The van der Waals surface area contributed by atoms with Crippen LogP contribution in [0.15, 0.2) is 30.3 Å². The van der Waals surface area contributed by atoms with E-state index >= 15 is 0 Å². The predicted octanol–water partition coefficient (Wildman–Crippen LogP) is 0.537. The first kappa shape index (κ1) is 16.9. The van der Waals surface area contributed by atoms with Crippen molar-refractivity contribution in [3.8, 4) is 0 Å². The van der Waals surface area contributed by atoms with Crippen molar-refractivity contribution in [2.24, 2.45) is 0 Å². The van der Waals surface area contributed by atoms with E-state index < -0.39 is 12.1 Å². The van der Waals surface area contributed by atoms with E-state index in [1.54, 1.807) is 19.1 Å². The topological polar surface area (TPSA) is 73.3 Å². The number of rotatable bonds is 5. The minimum atomic E-state index is -0.765. The molecule has 0 unspecified atom stereocenters. The van der Waals surface area contributed by atoms with E-state index in [1.165, 1.54) is 4.90 Å². The average Bonchev–Trinajstić information content (AvgIpc) is 2.80. The summed E-state index contributed by atoms with van der Waals surface area (Å²) in [5.41, 5.74) is 0.688. The summed E-state index contributed by atoms with van der Waals surface area (Å²) >= 11 is 0. The number of imide groups is 1. The fraction of sp³-hybridized carbons (Fsp3) is 0.529. The Balaban J connectivity index is 1.65. The lowest BCUT2D eigenvalue weighted by Gasteiger charge is -2.29. The number of hydrogen-bond donors (Lipinski definition) is 1. The lowest BCUT2D eigenvalue weighted by molar-refractivity contribution is -0.128. The molecule has 2 heterocycles. The van der Waals surface area contributed by atoms with Gasteiger partial charge in [0, 0.05) is 25.3 Å². The zero-order chi connectivity index (χ0) is 17.1. The normalized spacial score (nSPS) is 23.8. The highest BCUT2D eigenvalue weighted by Gasteiger charge is 2.43. The van der Waals surface area contributed by atoms with E-state index in [2.05, 4.69) is 4.90 Å². The average molecular weight is 333 g/mol. The number of carbonyl (C=O) groups excluding carboxylic acids is 2. The molecule has 0 aliphatic carbocycles. The molecule has 7 nitrogen and oxygen atoms in total. The van der Waals surface area contributed by atoms with Crippen molar-refractivity contribution < 1.29 is 19.4 Å². The van der Waals surface area contributed by atoms with Crippen molar-refractivity contribution >= 4 is 17.6 Å².